The van der Waals surface area contributed by atoms with Crippen molar-refractivity contribution < 1.29 is 14.7 Å². The maximum absolute atomic E-state index is 12.6. The summed E-state index contributed by atoms with van der Waals surface area (Å²) in [6, 6.07) is 13.3. The van der Waals surface area contributed by atoms with E-state index in [1.807, 2.05) is 11.0 Å². The third-order valence-corrected chi connectivity index (χ3v) is 4.93. The molecule has 1 N–H and O–H groups in total. The van der Waals surface area contributed by atoms with Gasteiger partial charge in [-0.2, -0.15) is 0 Å². The molecule has 1 atom stereocenters. The van der Waals surface area contributed by atoms with E-state index in [-0.39, 0.29) is 17.0 Å². The standard InChI is InChI=1S/C20H22N2O3/c1-20(10-9-15-5-3-2-4-6-15)11-12-22(14-20)18(23)16-7-8-17(19(24)25)21-13-16/h2-8,13H,9-12,14H2,1H3,(H,24,25). The number of hydrogen-bond acceptors (Lipinski definition) is 3. The van der Waals surface area contributed by atoms with E-state index in [1.54, 1.807) is 6.07 Å². The van der Waals surface area contributed by atoms with Gasteiger partial charge in [0.2, 0.25) is 0 Å². The highest BCUT2D eigenvalue weighted by atomic mass is 16.4. The van der Waals surface area contributed by atoms with Gasteiger partial charge >= 0.3 is 5.97 Å². The van der Waals surface area contributed by atoms with Crippen LogP contribution in [0.5, 0.6) is 0 Å². The number of hydrogen-bond donors (Lipinski definition) is 1. The van der Waals surface area contributed by atoms with Crippen molar-refractivity contribution in [1.29, 1.82) is 0 Å². The van der Waals surface area contributed by atoms with Crippen LogP contribution < -0.4 is 0 Å². The lowest BCUT2D eigenvalue weighted by Gasteiger charge is -2.24. The van der Waals surface area contributed by atoms with Crippen molar-refractivity contribution >= 4 is 11.9 Å². The number of likely N-dealkylation sites (tertiary alicyclic amines) is 1. The Bertz CT molecular complexity index is 758. The van der Waals surface area contributed by atoms with Crippen LogP contribution >= 0.6 is 0 Å². The Hall–Kier alpha value is -2.69. The molecular formula is C20H22N2O3. The summed E-state index contributed by atoms with van der Waals surface area (Å²) in [6.07, 6.45) is 4.38. The summed E-state index contributed by atoms with van der Waals surface area (Å²) in [5.74, 6) is -1.17. The van der Waals surface area contributed by atoms with Crippen molar-refractivity contribution in [3.05, 3.63) is 65.5 Å². The van der Waals surface area contributed by atoms with Crippen molar-refractivity contribution in [1.82, 2.24) is 9.88 Å². The maximum Gasteiger partial charge on any atom is 0.354 e. The highest BCUT2D eigenvalue weighted by Gasteiger charge is 2.36. The molecule has 0 spiro atoms. The van der Waals surface area contributed by atoms with E-state index in [2.05, 4.69) is 36.2 Å². The van der Waals surface area contributed by atoms with Gasteiger partial charge in [0.25, 0.3) is 5.91 Å². The van der Waals surface area contributed by atoms with Gasteiger partial charge < -0.3 is 10.0 Å². The maximum atomic E-state index is 12.6. The summed E-state index contributed by atoms with van der Waals surface area (Å²) in [5, 5.41) is 8.89. The number of amides is 1. The predicted molar refractivity (Wildman–Crippen MR) is 94.6 cm³/mol. The summed E-state index contributed by atoms with van der Waals surface area (Å²) in [5.41, 5.74) is 1.82. The Labute approximate surface area is 147 Å². The Balaban J connectivity index is 1.61. The van der Waals surface area contributed by atoms with Crippen molar-refractivity contribution in [2.24, 2.45) is 5.41 Å². The molecule has 1 aromatic carbocycles. The smallest absolute Gasteiger partial charge is 0.354 e. The fourth-order valence-electron chi connectivity index (χ4n) is 3.32. The van der Waals surface area contributed by atoms with Crippen LogP contribution in [0.15, 0.2) is 48.7 Å². The second-order valence-electron chi connectivity index (χ2n) is 7.01. The van der Waals surface area contributed by atoms with Gasteiger partial charge in [-0.15, -0.1) is 0 Å². The molecule has 1 aromatic heterocycles. The molecule has 1 aliphatic heterocycles. The normalized spacial score (nSPS) is 19.8. The van der Waals surface area contributed by atoms with E-state index < -0.39 is 5.97 Å². The van der Waals surface area contributed by atoms with Gasteiger partial charge in [-0.25, -0.2) is 9.78 Å². The van der Waals surface area contributed by atoms with Gasteiger partial charge in [0.05, 0.1) is 5.56 Å². The van der Waals surface area contributed by atoms with E-state index in [0.29, 0.717) is 5.56 Å². The summed E-state index contributed by atoms with van der Waals surface area (Å²) in [6.45, 7) is 3.68. The van der Waals surface area contributed by atoms with E-state index in [0.717, 1.165) is 32.4 Å². The van der Waals surface area contributed by atoms with Gasteiger partial charge in [0.15, 0.2) is 0 Å². The molecule has 1 aliphatic rings. The fraction of sp³-hybridized carbons (Fsp3) is 0.350. The average molecular weight is 338 g/mol. The van der Waals surface area contributed by atoms with Crippen LogP contribution in [0.3, 0.4) is 0 Å². The first-order chi connectivity index (χ1) is 12.0. The largest absolute Gasteiger partial charge is 0.477 e. The third-order valence-electron chi connectivity index (χ3n) is 4.93. The van der Waals surface area contributed by atoms with Crippen LogP contribution in [-0.4, -0.2) is 40.0 Å². The highest BCUT2D eigenvalue weighted by molar-refractivity contribution is 5.95. The number of pyridine rings is 1. The topological polar surface area (TPSA) is 70.5 Å². The molecule has 1 saturated heterocycles. The van der Waals surface area contributed by atoms with E-state index in [9.17, 15) is 9.59 Å². The van der Waals surface area contributed by atoms with Crippen LogP contribution in [-0.2, 0) is 6.42 Å². The molecule has 1 unspecified atom stereocenters. The van der Waals surface area contributed by atoms with Crippen LogP contribution in [0, 0.1) is 5.41 Å². The number of carboxylic acids is 1. The van der Waals surface area contributed by atoms with Crippen LogP contribution in [0.4, 0.5) is 0 Å². The fourth-order valence-corrected chi connectivity index (χ4v) is 3.32. The van der Waals surface area contributed by atoms with Crippen LogP contribution in [0.1, 0.15) is 46.2 Å². The van der Waals surface area contributed by atoms with E-state index >= 15 is 0 Å². The number of carbonyl (C=O) groups excluding carboxylic acids is 1. The Morgan fingerprint density at radius 2 is 1.96 bits per heavy atom. The lowest BCUT2D eigenvalue weighted by molar-refractivity contribution is 0.0688. The summed E-state index contributed by atoms with van der Waals surface area (Å²) >= 11 is 0. The lowest BCUT2D eigenvalue weighted by Crippen LogP contribution is -2.31. The molecule has 130 valence electrons. The van der Waals surface area contributed by atoms with E-state index in [4.69, 9.17) is 5.11 Å². The third kappa shape index (κ3) is 4.05. The molecule has 2 heterocycles. The monoisotopic (exact) mass is 338 g/mol. The molecule has 3 rings (SSSR count). The molecule has 0 bridgehead atoms. The minimum atomic E-state index is -1.09. The molecular weight excluding hydrogens is 316 g/mol. The molecule has 2 aromatic rings. The number of aryl methyl sites for hydroxylation is 1. The zero-order valence-corrected chi connectivity index (χ0v) is 14.3. The minimum Gasteiger partial charge on any atom is -0.477 e. The van der Waals surface area contributed by atoms with Gasteiger partial charge in [-0.3, -0.25) is 4.79 Å². The van der Waals surface area contributed by atoms with E-state index in [1.165, 1.54) is 17.8 Å². The number of aromatic carboxylic acids is 1. The van der Waals surface area contributed by atoms with Crippen LogP contribution in [0.2, 0.25) is 0 Å². The Morgan fingerprint density at radius 3 is 2.60 bits per heavy atom. The summed E-state index contributed by atoms with van der Waals surface area (Å²) < 4.78 is 0. The average Bonchev–Trinajstić information content (AvgIpc) is 3.03. The summed E-state index contributed by atoms with van der Waals surface area (Å²) in [7, 11) is 0. The first kappa shape index (κ1) is 17.1. The number of rotatable bonds is 5. The molecule has 1 amide bonds. The molecule has 25 heavy (non-hydrogen) atoms. The number of carbonyl (C=O) groups is 2. The van der Waals surface area contributed by atoms with Crippen molar-refractivity contribution in [3.63, 3.8) is 0 Å². The quantitative estimate of drug-likeness (QED) is 0.908. The van der Waals surface area contributed by atoms with Crippen molar-refractivity contribution in [2.45, 2.75) is 26.2 Å². The Morgan fingerprint density at radius 1 is 1.20 bits per heavy atom. The Kier molecular flexibility index (Phi) is 4.83. The number of nitrogens with zero attached hydrogens (tertiary/aromatic N) is 2. The molecule has 0 saturated carbocycles. The first-order valence-electron chi connectivity index (χ1n) is 8.49. The van der Waals surface area contributed by atoms with Crippen LogP contribution in [0.25, 0.3) is 0 Å². The molecule has 1 fully saturated rings. The predicted octanol–water partition coefficient (Wildman–Crippen LogP) is 3.26. The molecule has 5 nitrogen and oxygen atoms in total. The molecule has 5 heteroatoms. The first-order valence-corrected chi connectivity index (χ1v) is 8.49. The van der Waals surface area contributed by atoms with Gasteiger partial charge in [-0.05, 0) is 42.4 Å². The molecule has 0 radical (unpaired) electrons. The number of carboxylic acid groups (broad SMARTS) is 1. The van der Waals surface area contributed by atoms with Crippen molar-refractivity contribution in [2.75, 3.05) is 13.1 Å². The SMILES string of the molecule is CC1(CCc2ccccc2)CCN(C(=O)c2ccc(C(=O)O)nc2)C1. The van der Waals surface area contributed by atoms with Gasteiger partial charge in [0, 0.05) is 19.3 Å². The zero-order chi connectivity index (χ0) is 17.9. The zero-order valence-electron chi connectivity index (χ0n) is 14.3. The van der Waals surface area contributed by atoms with Gasteiger partial charge in [0.1, 0.15) is 5.69 Å². The number of benzene rings is 1. The lowest BCUT2D eigenvalue weighted by atomic mass is 9.83. The second kappa shape index (κ2) is 7.05. The minimum absolute atomic E-state index is 0.0503. The highest BCUT2D eigenvalue weighted by Crippen LogP contribution is 2.35. The molecule has 0 aliphatic carbocycles. The second-order valence-corrected chi connectivity index (χ2v) is 7.01. The number of aromatic nitrogens is 1. The summed E-state index contributed by atoms with van der Waals surface area (Å²) in [4.78, 5) is 29.2. The van der Waals surface area contributed by atoms with Gasteiger partial charge in [-0.1, -0.05) is 37.3 Å². The van der Waals surface area contributed by atoms with Crippen molar-refractivity contribution in [3.8, 4) is 0 Å².